The van der Waals surface area contributed by atoms with Gasteiger partial charge >= 0.3 is 0 Å². The summed E-state index contributed by atoms with van der Waals surface area (Å²) in [7, 11) is -1.74. The van der Waals surface area contributed by atoms with E-state index >= 15 is 0 Å². The van der Waals surface area contributed by atoms with Gasteiger partial charge in [-0.05, 0) is 32.0 Å². The molecule has 1 heterocycles. The third kappa shape index (κ3) is 3.06. The van der Waals surface area contributed by atoms with Crippen molar-refractivity contribution in [1.29, 1.82) is 0 Å². The first-order valence-electron chi connectivity index (χ1n) is 6.08. The normalized spacial score (nSPS) is 21.5. The molecule has 0 saturated carbocycles. The highest BCUT2D eigenvalue weighted by Gasteiger charge is 2.31. The predicted molar refractivity (Wildman–Crippen MR) is 77.3 cm³/mol. The Morgan fingerprint density at radius 2 is 2.11 bits per heavy atom. The molecule has 1 N–H and O–H groups in total. The average Bonchev–Trinajstić information content (AvgIpc) is 2.41. The van der Waals surface area contributed by atoms with E-state index in [9.17, 15) is 8.42 Å². The lowest BCUT2D eigenvalue weighted by atomic mass is 10.1. The Kier molecular flexibility index (Phi) is 4.74. The number of halogens is 2. The van der Waals surface area contributed by atoms with Gasteiger partial charge in [0.05, 0.1) is 10.0 Å². The number of rotatable bonds is 3. The maximum absolute atomic E-state index is 12.6. The number of benzene rings is 1. The van der Waals surface area contributed by atoms with Gasteiger partial charge in [0.25, 0.3) is 0 Å². The van der Waals surface area contributed by atoms with Crippen molar-refractivity contribution in [3.63, 3.8) is 0 Å². The van der Waals surface area contributed by atoms with E-state index in [4.69, 9.17) is 23.2 Å². The summed E-state index contributed by atoms with van der Waals surface area (Å²) in [5.74, 6) is 0. The van der Waals surface area contributed by atoms with Crippen LogP contribution in [-0.4, -0.2) is 38.9 Å². The Morgan fingerprint density at radius 3 is 2.79 bits per heavy atom. The van der Waals surface area contributed by atoms with Crippen LogP contribution in [0.5, 0.6) is 0 Å². The fraction of sp³-hybridized carbons (Fsp3) is 0.500. The molecule has 0 aliphatic carbocycles. The first-order valence-corrected chi connectivity index (χ1v) is 8.28. The van der Waals surface area contributed by atoms with Gasteiger partial charge < -0.3 is 5.32 Å². The van der Waals surface area contributed by atoms with E-state index in [1.54, 1.807) is 12.1 Å². The van der Waals surface area contributed by atoms with E-state index in [1.807, 2.05) is 7.05 Å². The van der Waals surface area contributed by atoms with Crippen molar-refractivity contribution in [2.45, 2.75) is 23.8 Å². The Morgan fingerprint density at radius 1 is 1.37 bits per heavy atom. The smallest absolute Gasteiger partial charge is 0.244 e. The zero-order valence-corrected chi connectivity index (χ0v) is 12.9. The van der Waals surface area contributed by atoms with E-state index < -0.39 is 10.0 Å². The summed E-state index contributed by atoms with van der Waals surface area (Å²) in [6.07, 6.45) is 1.81. The second-order valence-electron chi connectivity index (χ2n) is 4.54. The number of sulfonamides is 1. The summed E-state index contributed by atoms with van der Waals surface area (Å²) < 4.78 is 26.6. The van der Waals surface area contributed by atoms with Crippen LogP contribution >= 0.6 is 23.2 Å². The van der Waals surface area contributed by atoms with Crippen molar-refractivity contribution in [1.82, 2.24) is 9.62 Å². The molecule has 4 nitrogen and oxygen atoms in total. The van der Waals surface area contributed by atoms with Crippen LogP contribution < -0.4 is 5.32 Å². The second kappa shape index (κ2) is 5.97. The number of hydrogen-bond acceptors (Lipinski definition) is 3. The van der Waals surface area contributed by atoms with Crippen LogP contribution in [0.15, 0.2) is 23.1 Å². The minimum Gasteiger partial charge on any atom is -0.316 e. The van der Waals surface area contributed by atoms with Crippen LogP contribution in [-0.2, 0) is 10.0 Å². The van der Waals surface area contributed by atoms with Gasteiger partial charge in [0.15, 0.2) is 0 Å². The van der Waals surface area contributed by atoms with Crippen LogP contribution in [0.3, 0.4) is 0 Å². The maximum Gasteiger partial charge on any atom is 0.244 e. The van der Waals surface area contributed by atoms with Gasteiger partial charge in [-0.15, -0.1) is 0 Å². The Balaban J connectivity index is 2.34. The molecule has 2 rings (SSSR count). The summed E-state index contributed by atoms with van der Waals surface area (Å²) in [5, 5.41) is 3.47. The maximum atomic E-state index is 12.6. The van der Waals surface area contributed by atoms with Gasteiger partial charge in [0.2, 0.25) is 10.0 Å². The molecule has 19 heavy (non-hydrogen) atoms. The Bertz CT molecular complexity index is 563. The third-order valence-electron chi connectivity index (χ3n) is 3.33. The molecule has 0 radical (unpaired) electrons. The second-order valence-corrected chi connectivity index (χ2v) is 7.23. The lowest BCUT2D eigenvalue weighted by molar-refractivity contribution is 0.293. The Hall–Kier alpha value is -0.330. The van der Waals surface area contributed by atoms with Crippen molar-refractivity contribution >= 4 is 33.2 Å². The van der Waals surface area contributed by atoms with Crippen molar-refractivity contribution in [3.05, 3.63) is 28.2 Å². The fourth-order valence-electron chi connectivity index (χ4n) is 2.22. The highest BCUT2D eigenvalue weighted by molar-refractivity contribution is 7.89. The van der Waals surface area contributed by atoms with Crippen molar-refractivity contribution in [2.24, 2.45) is 0 Å². The van der Waals surface area contributed by atoms with Gasteiger partial charge in [-0.1, -0.05) is 29.3 Å². The minimum atomic E-state index is -3.58. The van der Waals surface area contributed by atoms with Gasteiger partial charge in [-0.25, -0.2) is 8.42 Å². The van der Waals surface area contributed by atoms with E-state index in [-0.39, 0.29) is 21.0 Å². The van der Waals surface area contributed by atoms with E-state index in [2.05, 4.69) is 5.32 Å². The van der Waals surface area contributed by atoms with Crippen molar-refractivity contribution in [3.8, 4) is 0 Å². The highest BCUT2D eigenvalue weighted by atomic mass is 35.5. The molecule has 7 heteroatoms. The summed E-state index contributed by atoms with van der Waals surface area (Å²) in [6.45, 7) is 0.977. The first kappa shape index (κ1) is 15.1. The molecule has 0 aromatic heterocycles. The summed E-state index contributed by atoms with van der Waals surface area (Å²) >= 11 is 11.9. The Labute approximate surface area is 123 Å². The van der Waals surface area contributed by atoms with E-state index in [0.29, 0.717) is 13.1 Å². The lowest BCUT2D eigenvalue weighted by Crippen LogP contribution is -2.46. The topological polar surface area (TPSA) is 49.4 Å². The molecule has 1 aromatic rings. The zero-order chi connectivity index (χ0) is 14.0. The molecule has 0 amide bonds. The molecular formula is C12H16Cl2N2O2S. The summed E-state index contributed by atoms with van der Waals surface area (Å²) in [5.41, 5.74) is 0. The molecule has 1 fully saturated rings. The van der Waals surface area contributed by atoms with Gasteiger partial charge in [-0.3, -0.25) is 0 Å². The molecule has 0 bridgehead atoms. The minimum absolute atomic E-state index is 0.0819. The van der Waals surface area contributed by atoms with Crippen molar-refractivity contribution < 1.29 is 8.42 Å². The zero-order valence-electron chi connectivity index (χ0n) is 10.6. The molecular weight excluding hydrogens is 307 g/mol. The molecule has 1 saturated heterocycles. The summed E-state index contributed by atoms with van der Waals surface area (Å²) in [6, 6.07) is 4.85. The SMILES string of the molecule is CN[C@@H]1CCCN(S(=O)(=O)c2cccc(Cl)c2Cl)C1. The number of likely N-dealkylation sites (N-methyl/N-ethyl adjacent to an activating group) is 1. The predicted octanol–water partition coefficient (Wildman–Crippen LogP) is 2.37. The number of hydrogen-bond donors (Lipinski definition) is 1. The molecule has 1 aromatic carbocycles. The first-order chi connectivity index (χ1) is 8.96. The largest absolute Gasteiger partial charge is 0.316 e. The van der Waals surface area contributed by atoms with E-state index in [0.717, 1.165) is 12.8 Å². The monoisotopic (exact) mass is 322 g/mol. The standard InChI is InChI=1S/C12H16Cl2N2O2S/c1-15-9-4-3-7-16(8-9)19(17,18)11-6-2-5-10(13)12(11)14/h2,5-6,9,15H,3-4,7-8H2,1H3/t9-/m1/s1. The molecule has 106 valence electrons. The van der Waals surface area contributed by atoms with Gasteiger partial charge in [0, 0.05) is 19.1 Å². The number of nitrogens with one attached hydrogen (secondary N) is 1. The number of nitrogens with zero attached hydrogens (tertiary/aromatic N) is 1. The summed E-state index contributed by atoms with van der Waals surface area (Å²) in [4.78, 5) is 0.0819. The highest BCUT2D eigenvalue weighted by Crippen LogP contribution is 2.31. The van der Waals surface area contributed by atoms with Crippen LogP contribution in [0, 0.1) is 0 Å². The molecule has 1 aliphatic heterocycles. The molecule has 0 unspecified atom stereocenters. The molecule has 1 aliphatic rings. The fourth-order valence-corrected chi connectivity index (χ4v) is 4.48. The van der Waals surface area contributed by atoms with Gasteiger partial charge in [0.1, 0.15) is 4.90 Å². The van der Waals surface area contributed by atoms with Crippen LogP contribution in [0.25, 0.3) is 0 Å². The van der Waals surface area contributed by atoms with Crippen LogP contribution in [0.2, 0.25) is 10.0 Å². The molecule has 0 spiro atoms. The van der Waals surface area contributed by atoms with Crippen LogP contribution in [0.1, 0.15) is 12.8 Å². The van der Waals surface area contributed by atoms with Crippen LogP contribution in [0.4, 0.5) is 0 Å². The lowest BCUT2D eigenvalue weighted by Gasteiger charge is -2.31. The average molecular weight is 323 g/mol. The third-order valence-corrected chi connectivity index (χ3v) is 6.16. The van der Waals surface area contributed by atoms with Gasteiger partial charge in [-0.2, -0.15) is 4.31 Å². The number of piperidine rings is 1. The quantitative estimate of drug-likeness (QED) is 0.929. The molecule has 1 atom stereocenters. The van der Waals surface area contributed by atoms with Crippen molar-refractivity contribution in [2.75, 3.05) is 20.1 Å². The van der Waals surface area contributed by atoms with E-state index in [1.165, 1.54) is 10.4 Å².